The van der Waals surface area contributed by atoms with Gasteiger partial charge in [-0.15, -0.1) is 0 Å². The van der Waals surface area contributed by atoms with Crippen LogP contribution in [0.5, 0.6) is 11.5 Å². The zero-order valence-corrected chi connectivity index (χ0v) is 14.4. The van der Waals surface area contributed by atoms with Crippen LogP contribution in [0.3, 0.4) is 0 Å². The lowest BCUT2D eigenvalue weighted by Gasteiger charge is -2.23. The molecule has 5 rings (SSSR count). The van der Waals surface area contributed by atoms with Crippen molar-refractivity contribution in [2.45, 2.75) is 12.1 Å². The number of rotatable bonds is 1. The minimum Gasteiger partial charge on any atom is -0.455 e. The fraction of sp³-hybridized carbons (Fsp3) is 0.0952. The summed E-state index contributed by atoms with van der Waals surface area (Å²) in [4.78, 5) is 14.5. The third-order valence-corrected chi connectivity index (χ3v) is 4.99. The van der Waals surface area contributed by atoms with E-state index in [1.54, 1.807) is 23.1 Å². The highest BCUT2D eigenvalue weighted by atomic mass is 35.5. The molecule has 1 fully saturated rings. The van der Waals surface area contributed by atoms with E-state index in [1.165, 1.54) is 0 Å². The van der Waals surface area contributed by atoms with Gasteiger partial charge in [0.05, 0.1) is 5.69 Å². The number of fused-ring (bicyclic) bond motifs is 5. The normalized spacial score (nSPS) is 20.3. The quantitative estimate of drug-likeness (QED) is 0.541. The van der Waals surface area contributed by atoms with Gasteiger partial charge in [0.2, 0.25) is 0 Å². The Kier molecular flexibility index (Phi) is 3.40. The lowest BCUT2D eigenvalue weighted by molar-refractivity contribution is 0.132. The van der Waals surface area contributed by atoms with Crippen LogP contribution in [0, 0.1) is 0 Å². The van der Waals surface area contributed by atoms with Gasteiger partial charge in [-0.2, -0.15) is 0 Å². The molecule has 3 aromatic carbocycles. The molecule has 1 saturated heterocycles. The van der Waals surface area contributed by atoms with E-state index < -0.39 is 12.2 Å². The minimum absolute atomic E-state index is 0.333. The molecule has 0 aliphatic carbocycles. The average Bonchev–Trinajstić information content (AvgIpc) is 2.93. The van der Waals surface area contributed by atoms with Crippen molar-refractivity contribution in [1.82, 2.24) is 0 Å². The number of amides is 1. The number of benzene rings is 3. The van der Waals surface area contributed by atoms with Crippen molar-refractivity contribution in [3.8, 4) is 11.5 Å². The fourth-order valence-corrected chi connectivity index (χ4v) is 3.79. The number of carbonyl (C=O) groups excluding carboxylic acids is 1. The molecule has 2 aliphatic rings. The summed E-state index contributed by atoms with van der Waals surface area (Å²) in [7, 11) is 0. The van der Waals surface area contributed by atoms with Crippen molar-refractivity contribution in [2.75, 3.05) is 4.90 Å². The number of carbonyl (C=O) groups is 1. The molecular weight excluding hydrogens is 350 g/mol. The van der Waals surface area contributed by atoms with Crippen LogP contribution in [0.1, 0.15) is 23.3 Å². The van der Waals surface area contributed by atoms with Gasteiger partial charge in [0, 0.05) is 10.6 Å². The molecule has 0 saturated carbocycles. The van der Waals surface area contributed by atoms with Crippen LogP contribution < -0.4 is 9.64 Å². The number of para-hydroxylation sites is 1. The summed E-state index contributed by atoms with van der Waals surface area (Å²) in [6.07, 6.45) is -0.842. The topological polar surface area (TPSA) is 38.8 Å². The first-order chi connectivity index (χ1) is 12.7. The van der Waals surface area contributed by atoms with Crippen LogP contribution in [0.4, 0.5) is 10.5 Å². The van der Waals surface area contributed by atoms with Crippen LogP contribution in [0.15, 0.2) is 72.8 Å². The van der Waals surface area contributed by atoms with Gasteiger partial charge in [-0.3, -0.25) is 4.90 Å². The smallest absolute Gasteiger partial charge is 0.415 e. The summed E-state index contributed by atoms with van der Waals surface area (Å²) in [5, 5.41) is 0.535. The largest absolute Gasteiger partial charge is 0.455 e. The van der Waals surface area contributed by atoms with Gasteiger partial charge < -0.3 is 9.47 Å². The molecule has 0 aromatic heterocycles. The van der Waals surface area contributed by atoms with Crippen LogP contribution in [-0.4, -0.2) is 6.09 Å². The summed E-state index contributed by atoms with van der Waals surface area (Å²) >= 11 is 6.20. The van der Waals surface area contributed by atoms with E-state index in [1.807, 2.05) is 54.6 Å². The molecule has 0 radical (unpaired) electrons. The van der Waals surface area contributed by atoms with Crippen LogP contribution in [0.2, 0.25) is 5.02 Å². The first kappa shape index (κ1) is 15.3. The van der Waals surface area contributed by atoms with E-state index in [4.69, 9.17) is 21.1 Å². The van der Waals surface area contributed by atoms with E-state index in [9.17, 15) is 4.79 Å². The molecule has 0 bridgehead atoms. The molecule has 26 heavy (non-hydrogen) atoms. The standard InChI is InChI=1S/C21H14ClNO3/c22-14-10-11-18-16(12-14)23-19(15-8-4-5-9-17(15)25-18)20(26-21(23)24)13-6-2-1-3-7-13/h1-12,19-20H/t19-,20+/m1/s1. The summed E-state index contributed by atoms with van der Waals surface area (Å²) < 4.78 is 11.9. The SMILES string of the molecule is O=C1O[C@@H](c2ccccc2)[C@H]2c3ccccc3Oc3ccc(Cl)cc3N12. The first-order valence-corrected chi connectivity index (χ1v) is 8.71. The second kappa shape index (κ2) is 5.78. The number of halogens is 1. The highest BCUT2D eigenvalue weighted by molar-refractivity contribution is 6.31. The van der Waals surface area contributed by atoms with E-state index in [-0.39, 0.29) is 6.04 Å². The molecular formula is C21H14ClNO3. The highest BCUT2D eigenvalue weighted by Gasteiger charge is 2.47. The number of hydrogen-bond donors (Lipinski definition) is 0. The molecule has 5 heteroatoms. The van der Waals surface area contributed by atoms with Gasteiger partial charge in [0.25, 0.3) is 0 Å². The highest BCUT2D eigenvalue weighted by Crippen LogP contribution is 2.53. The average molecular weight is 364 g/mol. The number of nitrogens with zero attached hydrogens (tertiary/aromatic N) is 1. The van der Waals surface area contributed by atoms with Crippen molar-refractivity contribution in [3.05, 3.63) is 88.9 Å². The van der Waals surface area contributed by atoms with Crippen molar-refractivity contribution in [1.29, 1.82) is 0 Å². The molecule has 2 heterocycles. The first-order valence-electron chi connectivity index (χ1n) is 8.33. The third kappa shape index (κ3) is 2.26. The second-order valence-electron chi connectivity index (χ2n) is 6.28. The Labute approximate surface area is 155 Å². The van der Waals surface area contributed by atoms with Crippen LogP contribution >= 0.6 is 11.6 Å². The van der Waals surface area contributed by atoms with Crippen LogP contribution in [-0.2, 0) is 4.74 Å². The van der Waals surface area contributed by atoms with Gasteiger partial charge in [-0.05, 0) is 29.8 Å². The maximum Gasteiger partial charge on any atom is 0.415 e. The zero-order chi connectivity index (χ0) is 17.7. The summed E-state index contributed by atoms with van der Waals surface area (Å²) in [6, 6.07) is 22.4. The van der Waals surface area contributed by atoms with E-state index >= 15 is 0 Å². The number of cyclic esters (lactones) is 1. The predicted molar refractivity (Wildman–Crippen MR) is 98.9 cm³/mol. The number of ether oxygens (including phenoxy) is 2. The molecule has 3 aromatic rings. The van der Waals surface area contributed by atoms with Crippen LogP contribution in [0.25, 0.3) is 0 Å². The number of hydrogen-bond acceptors (Lipinski definition) is 3. The molecule has 2 aliphatic heterocycles. The van der Waals surface area contributed by atoms with Crippen molar-refractivity contribution < 1.29 is 14.3 Å². The predicted octanol–water partition coefficient (Wildman–Crippen LogP) is 5.88. The van der Waals surface area contributed by atoms with Crippen molar-refractivity contribution in [3.63, 3.8) is 0 Å². The zero-order valence-electron chi connectivity index (χ0n) is 13.6. The van der Waals surface area contributed by atoms with E-state index in [0.29, 0.717) is 22.2 Å². The molecule has 0 N–H and O–H groups in total. The maximum atomic E-state index is 12.8. The molecule has 1 amide bonds. The summed E-state index contributed by atoms with van der Waals surface area (Å²) in [6.45, 7) is 0. The Balaban J connectivity index is 1.76. The third-order valence-electron chi connectivity index (χ3n) is 4.76. The fourth-order valence-electron chi connectivity index (χ4n) is 3.62. The molecule has 128 valence electrons. The van der Waals surface area contributed by atoms with Gasteiger partial charge in [0.1, 0.15) is 11.8 Å². The molecule has 0 spiro atoms. The Morgan fingerprint density at radius 3 is 2.50 bits per heavy atom. The molecule has 4 nitrogen and oxygen atoms in total. The van der Waals surface area contributed by atoms with Gasteiger partial charge in [0.15, 0.2) is 11.9 Å². The molecule has 0 unspecified atom stereocenters. The Bertz CT molecular complexity index is 1010. The number of anilines is 1. The summed E-state index contributed by atoms with van der Waals surface area (Å²) in [5.74, 6) is 1.29. The van der Waals surface area contributed by atoms with Gasteiger partial charge in [-0.1, -0.05) is 60.1 Å². The maximum absolute atomic E-state index is 12.8. The summed E-state index contributed by atoms with van der Waals surface area (Å²) in [5.41, 5.74) is 2.45. The van der Waals surface area contributed by atoms with Gasteiger partial charge >= 0.3 is 6.09 Å². The van der Waals surface area contributed by atoms with E-state index in [2.05, 4.69) is 0 Å². The monoisotopic (exact) mass is 363 g/mol. The Morgan fingerprint density at radius 1 is 0.885 bits per heavy atom. The molecule has 2 atom stereocenters. The van der Waals surface area contributed by atoms with Gasteiger partial charge in [-0.25, -0.2) is 4.79 Å². The van der Waals surface area contributed by atoms with E-state index in [0.717, 1.165) is 11.1 Å². The lowest BCUT2D eigenvalue weighted by atomic mass is 9.94. The van der Waals surface area contributed by atoms with Crippen molar-refractivity contribution in [2.24, 2.45) is 0 Å². The van der Waals surface area contributed by atoms with Crippen molar-refractivity contribution >= 4 is 23.4 Å². The Hall–Kier alpha value is -2.98. The Morgan fingerprint density at radius 2 is 1.65 bits per heavy atom. The lowest BCUT2D eigenvalue weighted by Crippen LogP contribution is -2.27. The second-order valence-corrected chi connectivity index (χ2v) is 6.72. The minimum atomic E-state index is -0.432.